The summed E-state index contributed by atoms with van der Waals surface area (Å²) in [5.74, 6) is 0.793. The molecule has 200 valence electrons. The molecule has 5 nitrogen and oxygen atoms in total. The minimum Gasteiger partial charge on any atom is -0.490 e. The van der Waals surface area contributed by atoms with Crippen molar-refractivity contribution in [2.24, 2.45) is 5.92 Å². The van der Waals surface area contributed by atoms with E-state index in [4.69, 9.17) is 4.74 Å². The Hall–Kier alpha value is -3.64. The van der Waals surface area contributed by atoms with Gasteiger partial charge in [0.05, 0.1) is 6.42 Å². The van der Waals surface area contributed by atoms with Crippen molar-refractivity contribution in [1.29, 1.82) is 0 Å². The standard InChI is InChI=1S/C33H33BrN2O3/c1-35(22-24-8-3-2-4-9-24)32(37)20-28-23-36(17-16-31(28)39-30-13-7-12-29(34)21-30)33(38)19-25-14-15-26-10-5-6-11-27(26)18-25/h2-15,18,21,28,31H,16-17,19-20,22-23H2,1H3/t28-,31-/m0/s1. The van der Waals surface area contributed by atoms with E-state index in [1.165, 1.54) is 0 Å². The molecule has 4 aromatic rings. The maximum atomic E-state index is 13.4. The third-order valence-electron chi connectivity index (χ3n) is 7.39. The summed E-state index contributed by atoms with van der Waals surface area (Å²) in [6.07, 6.45) is 1.19. The van der Waals surface area contributed by atoms with Crippen LogP contribution in [0.25, 0.3) is 10.8 Å². The van der Waals surface area contributed by atoms with E-state index in [-0.39, 0.29) is 23.8 Å². The second kappa shape index (κ2) is 12.5. The molecule has 1 aliphatic heterocycles. The largest absolute Gasteiger partial charge is 0.490 e. The second-order valence-electron chi connectivity index (χ2n) is 10.3. The summed E-state index contributed by atoms with van der Waals surface area (Å²) in [6, 6.07) is 32.1. The number of nitrogens with zero attached hydrogens (tertiary/aromatic N) is 2. The van der Waals surface area contributed by atoms with Crippen LogP contribution in [0.3, 0.4) is 0 Å². The Labute approximate surface area is 238 Å². The van der Waals surface area contributed by atoms with Crippen molar-refractivity contribution >= 4 is 38.5 Å². The van der Waals surface area contributed by atoms with E-state index in [2.05, 4.69) is 40.2 Å². The van der Waals surface area contributed by atoms with Gasteiger partial charge < -0.3 is 14.5 Å². The zero-order valence-electron chi connectivity index (χ0n) is 22.1. The van der Waals surface area contributed by atoms with Gasteiger partial charge >= 0.3 is 0 Å². The first-order chi connectivity index (χ1) is 18.9. The Balaban J connectivity index is 1.29. The Bertz CT molecular complexity index is 1440. The normalized spacial score (nSPS) is 17.1. The summed E-state index contributed by atoms with van der Waals surface area (Å²) >= 11 is 3.51. The number of rotatable bonds is 8. The van der Waals surface area contributed by atoms with Crippen LogP contribution in [0.2, 0.25) is 0 Å². The van der Waals surface area contributed by atoms with E-state index in [0.29, 0.717) is 38.9 Å². The molecule has 0 saturated carbocycles. The first-order valence-corrected chi connectivity index (χ1v) is 14.2. The Morgan fingerprint density at radius 3 is 2.46 bits per heavy atom. The van der Waals surface area contributed by atoms with Crippen LogP contribution in [0.15, 0.2) is 102 Å². The van der Waals surface area contributed by atoms with Crippen LogP contribution in [0.4, 0.5) is 0 Å². The van der Waals surface area contributed by atoms with E-state index in [0.717, 1.165) is 32.1 Å². The third-order valence-corrected chi connectivity index (χ3v) is 7.89. The number of fused-ring (bicyclic) bond motifs is 1. The fraction of sp³-hybridized carbons (Fsp3) is 0.273. The maximum absolute atomic E-state index is 13.4. The van der Waals surface area contributed by atoms with Gasteiger partial charge in [-0.3, -0.25) is 9.59 Å². The van der Waals surface area contributed by atoms with Crippen molar-refractivity contribution < 1.29 is 14.3 Å². The molecule has 1 fully saturated rings. The van der Waals surface area contributed by atoms with Gasteiger partial charge in [-0.15, -0.1) is 0 Å². The van der Waals surface area contributed by atoms with Gasteiger partial charge in [0.1, 0.15) is 11.9 Å². The maximum Gasteiger partial charge on any atom is 0.227 e. The van der Waals surface area contributed by atoms with Gasteiger partial charge in [-0.05, 0) is 40.1 Å². The molecule has 1 saturated heterocycles. The van der Waals surface area contributed by atoms with Crippen molar-refractivity contribution in [3.63, 3.8) is 0 Å². The molecule has 4 aromatic carbocycles. The molecule has 0 spiro atoms. The fourth-order valence-electron chi connectivity index (χ4n) is 5.26. The number of piperidine rings is 1. The lowest BCUT2D eigenvalue weighted by Gasteiger charge is -2.39. The predicted octanol–water partition coefficient (Wildman–Crippen LogP) is 6.49. The highest BCUT2D eigenvalue weighted by Crippen LogP contribution is 2.28. The molecule has 2 atom stereocenters. The molecule has 6 heteroatoms. The zero-order chi connectivity index (χ0) is 27.2. The lowest BCUT2D eigenvalue weighted by molar-refractivity contribution is -0.138. The number of benzene rings is 4. The van der Waals surface area contributed by atoms with Crippen molar-refractivity contribution in [2.45, 2.75) is 31.9 Å². The number of ether oxygens (including phenoxy) is 1. The van der Waals surface area contributed by atoms with E-state index >= 15 is 0 Å². The SMILES string of the molecule is CN(Cc1ccccc1)C(=O)C[C@H]1CN(C(=O)Cc2ccc3ccccc3c2)CC[C@@H]1Oc1cccc(Br)c1. The molecular weight excluding hydrogens is 552 g/mol. The molecule has 0 unspecified atom stereocenters. The highest BCUT2D eigenvalue weighted by atomic mass is 79.9. The van der Waals surface area contributed by atoms with Crippen LogP contribution in [0, 0.1) is 5.92 Å². The van der Waals surface area contributed by atoms with E-state index in [1.807, 2.05) is 84.7 Å². The average molecular weight is 586 g/mol. The lowest BCUT2D eigenvalue weighted by Crippen LogP contribution is -2.49. The average Bonchev–Trinajstić information content (AvgIpc) is 2.94. The van der Waals surface area contributed by atoms with Crippen molar-refractivity contribution in [3.8, 4) is 5.75 Å². The van der Waals surface area contributed by atoms with Gasteiger partial charge in [0.15, 0.2) is 0 Å². The lowest BCUT2D eigenvalue weighted by atomic mass is 9.90. The van der Waals surface area contributed by atoms with Crippen LogP contribution < -0.4 is 4.74 Å². The molecular formula is C33H33BrN2O3. The molecule has 39 heavy (non-hydrogen) atoms. The number of halogens is 1. The van der Waals surface area contributed by atoms with Crippen LogP contribution in [0.1, 0.15) is 24.0 Å². The van der Waals surface area contributed by atoms with Crippen LogP contribution in [-0.4, -0.2) is 47.9 Å². The minimum absolute atomic E-state index is 0.0514. The van der Waals surface area contributed by atoms with Crippen LogP contribution >= 0.6 is 15.9 Å². The second-order valence-corrected chi connectivity index (χ2v) is 11.2. The third kappa shape index (κ3) is 7.07. The molecule has 0 aromatic heterocycles. The van der Waals surface area contributed by atoms with Crippen molar-refractivity contribution in [1.82, 2.24) is 9.80 Å². The number of hydrogen-bond donors (Lipinski definition) is 0. The molecule has 0 radical (unpaired) electrons. The highest BCUT2D eigenvalue weighted by molar-refractivity contribution is 9.10. The number of carbonyl (C=O) groups is 2. The minimum atomic E-state index is -0.155. The first kappa shape index (κ1) is 26.9. The fourth-order valence-corrected chi connectivity index (χ4v) is 5.64. The summed E-state index contributed by atoms with van der Waals surface area (Å²) in [6.45, 7) is 1.65. The number of likely N-dealkylation sites (tertiary alicyclic amines) is 1. The summed E-state index contributed by atoms with van der Waals surface area (Å²) in [7, 11) is 1.84. The number of carbonyl (C=O) groups excluding carboxylic acids is 2. The van der Waals surface area contributed by atoms with E-state index in [9.17, 15) is 9.59 Å². The molecule has 1 aliphatic rings. The van der Waals surface area contributed by atoms with Crippen molar-refractivity contribution in [2.75, 3.05) is 20.1 Å². The Morgan fingerprint density at radius 2 is 1.67 bits per heavy atom. The molecule has 0 aliphatic carbocycles. The Morgan fingerprint density at radius 1 is 0.897 bits per heavy atom. The number of amides is 2. The monoisotopic (exact) mass is 584 g/mol. The summed E-state index contributed by atoms with van der Waals surface area (Å²) in [5.41, 5.74) is 2.09. The molecule has 0 N–H and O–H groups in total. The highest BCUT2D eigenvalue weighted by Gasteiger charge is 2.35. The van der Waals surface area contributed by atoms with Gasteiger partial charge in [0, 0.05) is 49.9 Å². The van der Waals surface area contributed by atoms with Crippen molar-refractivity contribution in [3.05, 3.63) is 113 Å². The summed E-state index contributed by atoms with van der Waals surface area (Å²) in [4.78, 5) is 30.4. The van der Waals surface area contributed by atoms with E-state index < -0.39 is 0 Å². The molecule has 2 amide bonds. The van der Waals surface area contributed by atoms with Crippen LogP contribution in [-0.2, 0) is 22.6 Å². The van der Waals surface area contributed by atoms with Gasteiger partial charge in [-0.2, -0.15) is 0 Å². The van der Waals surface area contributed by atoms with Gasteiger partial charge in [-0.25, -0.2) is 0 Å². The van der Waals surface area contributed by atoms with Crippen LogP contribution in [0.5, 0.6) is 5.75 Å². The summed E-state index contributed by atoms with van der Waals surface area (Å²) < 4.78 is 7.35. The molecule has 5 rings (SSSR count). The van der Waals surface area contributed by atoms with Gasteiger partial charge in [0.2, 0.25) is 11.8 Å². The van der Waals surface area contributed by atoms with Gasteiger partial charge in [0.25, 0.3) is 0 Å². The zero-order valence-corrected chi connectivity index (χ0v) is 23.7. The number of hydrogen-bond acceptors (Lipinski definition) is 3. The predicted molar refractivity (Wildman–Crippen MR) is 158 cm³/mol. The molecule has 0 bridgehead atoms. The summed E-state index contributed by atoms with van der Waals surface area (Å²) in [5, 5.41) is 2.30. The smallest absolute Gasteiger partial charge is 0.227 e. The Kier molecular flexibility index (Phi) is 8.62. The molecule has 1 heterocycles. The van der Waals surface area contributed by atoms with Gasteiger partial charge in [-0.1, -0.05) is 94.8 Å². The topological polar surface area (TPSA) is 49.9 Å². The quantitative estimate of drug-likeness (QED) is 0.238. The van der Waals surface area contributed by atoms with E-state index in [1.54, 1.807) is 4.90 Å². The first-order valence-electron chi connectivity index (χ1n) is 13.4.